The second-order valence-corrected chi connectivity index (χ2v) is 7.61. The van der Waals surface area contributed by atoms with E-state index in [4.69, 9.17) is 5.73 Å². The summed E-state index contributed by atoms with van der Waals surface area (Å²) in [7, 11) is -2.93. The van der Waals surface area contributed by atoms with Crippen LogP contribution in [0.3, 0.4) is 0 Å². The fraction of sp³-hybridized carbons (Fsp3) is 0.692. The van der Waals surface area contributed by atoms with Crippen molar-refractivity contribution in [3.63, 3.8) is 0 Å². The van der Waals surface area contributed by atoms with Crippen LogP contribution in [0.5, 0.6) is 0 Å². The van der Waals surface area contributed by atoms with Gasteiger partial charge in [-0.15, -0.1) is 0 Å². The first-order valence-corrected chi connectivity index (χ1v) is 8.76. The summed E-state index contributed by atoms with van der Waals surface area (Å²) in [5.41, 5.74) is 6.79. The number of rotatable bonds is 3. The zero-order chi connectivity index (χ0) is 14.9. The molecule has 0 aromatic carbocycles. The van der Waals surface area contributed by atoms with Gasteiger partial charge in [0.25, 0.3) is 0 Å². The molecule has 0 radical (unpaired) electrons. The molecule has 20 heavy (non-hydrogen) atoms. The number of hydrogen-bond donors (Lipinski definition) is 1. The summed E-state index contributed by atoms with van der Waals surface area (Å²) in [5.74, 6) is 2.33. The lowest BCUT2D eigenvalue weighted by molar-refractivity contribution is 0.566. The molecule has 1 saturated heterocycles. The number of hydrogen-bond acceptors (Lipinski definition) is 6. The molecule has 112 valence electrons. The maximum atomic E-state index is 11.7. The minimum atomic E-state index is -2.93. The summed E-state index contributed by atoms with van der Waals surface area (Å²) in [6.45, 7) is 6.33. The molecule has 1 unspecified atom stereocenters. The van der Waals surface area contributed by atoms with Gasteiger partial charge in [-0.05, 0) is 20.3 Å². The Hall–Kier alpha value is -1.37. The van der Waals surface area contributed by atoms with Crippen molar-refractivity contribution in [3.8, 4) is 0 Å². The van der Waals surface area contributed by atoms with Gasteiger partial charge in [-0.25, -0.2) is 18.4 Å². The second kappa shape index (κ2) is 5.55. The molecule has 1 fully saturated rings. The molecule has 0 amide bonds. The summed E-state index contributed by atoms with van der Waals surface area (Å²) >= 11 is 0. The van der Waals surface area contributed by atoms with E-state index in [0.29, 0.717) is 12.4 Å². The van der Waals surface area contributed by atoms with Gasteiger partial charge in [0.05, 0.1) is 11.5 Å². The van der Waals surface area contributed by atoms with Crippen molar-refractivity contribution in [2.45, 2.75) is 39.7 Å². The third-order valence-electron chi connectivity index (χ3n) is 3.62. The van der Waals surface area contributed by atoms with E-state index in [1.54, 1.807) is 0 Å². The van der Waals surface area contributed by atoms with Crippen LogP contribution in [0.2, 0.25) is 0 Å². The predicted molar refractivity (Wildman–Crippen MR) is 80.6 cm³/mol. The van der Waals surface area contributed by atoms with Gasteiger partial charge in [0.1, 0.15) is 17.5 Å². The summed E-state index contributed by atoms with van der Waals surface area (Å²) in [6.07, 6.45) is 1.73. The monoisotopic (exact) mass is 298 g/mol. The van der Waals surface area contributed by atoms with E-state index in [0.717, 1.165) is 30.0 Å². The van der Waals surface area contributed by atoms with E-state index in [2.05, 4.69) is 16.9 Å². The lowest BCUT2D eigenvalue weighted by Crippen LogP contribution is -2.47. The standard InChI is InChI=1S/C13H22N4O2S/c1-4-5-11-15-12(14)10(3)13(16-11)17-6-7-20(18,19)8-9(17)2/h9H,4-8H2,1-3H3,(H2,14,15,16). The first kappa shape index (κ1) is 15.0. The molecule has 0 saturated carbocycles. The molecule has 2 rings (SSSR count). The molecular weight excluding hydrogens is 276 g/mol. The smallest absolute Gasteiger partial charge is 0.154 e. The number of aromatic nitrogens is 2. The number of nitrogens with zero attached hydrogens (tertiary/aromatic N) is 3. The van der Waals surface area contributed by atoms with Crippen LogP contribution in [-0.4, -0.2) is 42.5 Å². The molecule has 0 spiro atoms. The Kier molecular flexibility index (Phi) is 4.17. The molecule has 1 atom stereocenters. The van der Waals surface area contributed by atoms with E-state index in [1.807, 2.05) is 18.7 Å². The van der Waals surface area contributed by atoms with E-state index >= 15 is 0 Å². The fourth-order valence-corrected chi connectivity index (χ4v) is 4.05. The number of nitrogens with two attached hydrogens (primary N) is 1. The SMILES string of the molecule is CCCc1nc(N)c(C)c(N2CCS(=O)(=O)CC2C)n1. The van der Waals surface area contributed by atoms with Crippen molar-refractivity contribution < 1.29 is 8.42 Å². The van der Waals surface area contributed by atoms with Crippen LogP contribution >= 0.6 is 0 Å². The van der Waals surface area contributed by atoms with Gasteiger partial charge in [-0.3, -0.25) is 0 Å². The topological polar surface area (TPSA) is 89.2 Å². The highest BCUT2D eigenvalue weighted by Gasteiger charge is 2.30. The van der Waals surface area contributed by atoms with Crippen LogP contribution in [-0.2, 0) is 16.3 Å². The average Bonchev–Trinajstić information content (AvgIpc) is 2.33. The number of sulfone groups is 1. The largest absolute Gasteiger partial charge is 0.383 e. The first-order chi connectivity index (χ1) is 9.34. The molecule has 2 heterocycles. The Morgan fingerprint density at radius 1 is 1.40 bits per heavy atom. The summed E-state index contributed by atoms with van der Waals surface area (Å²) < 4.78 is 23.4. The highest BCUT2D eigenvalue weighted by molar-refractivity contribution is 7.91. The van der Waals surface area contributed by atoms with Gasteiger partial charge >= 0.3 is 0 Å². The van der Waals surface area contributed by atoms with Crippen molar-refractivity contribution in [2.24, 2.45) is 0 Å². The van der Waals surface area contributed by atoms with Crippen LogP contribution < -0.4 is 10.6 Å². The highest BCUT2D eigenvalue weighted by Crippen LogP contribution is 2.26. The predicted octanol–water partition coefficient (Wildman–Crippen LogP) is 0.943. The molecule has 1 aliphatic heterocycles. The van der Waals surface area contributed by atoms with E-state index in [-0.39, 0.29) is 17.5 Å². The maximum Gasteiger partial charge on any atom is 0.154 e. The minimum Gasteiger partial charge on any atom is -0.383 e. The maximum absolute atomic E-state index is 11.7. The molecule has 2 N–H and O–H groups in total. The van der Waals surface area contributed by atoms with Crippen molar-refractivity contribution in [2.75, 3.05) is 28.7 Å². The lowest BCUT2D eigenvalue weighted by Gasteiger charge is -2.35. The van der Waals surface area contributed by atoms with Gasteiger partial charge < -0.3 is 10.6 Å². The van der Waals surface area contributed by atoms with E-state index < -0.39 is 9.84 Å². The van der Waals surface area contributed by atoms with Gasteiger partial charge in [0.2, 0.25) is 0 Å². The van der Waals surface area contributed by atoms with E-state index in [1.165, 1.54) is 0 Å². The fourth-order valence-electron chi connectivity index (χ4n) is 2.50. The molecule has 0 bridgehead atoms. The molecule has 1 aliphatic rings. The normalized spacial score (nSPS) is 21.9. The summed E-state index contributed by atoms with van der Waals surface area (Å²) in [5, 5.41) is 0. The van der Waals surface area contributed by atoms with Crippen LogP contribution in [0.4, 0.5) is 11.6 Å². The average molecular weight is 298 g/mol. The molecular formula is C13H22N4O2S. The highest BCUT2D eigenvalue weighted by atomic mass is 32.2. The van der Waals surface area contributed by atoms with Crippen molar-refractivity contribution in [3.05, 3.63) is 11.4 Å². The Balaban J connectivity index is 2.37. The molecule has 1 aromatic heterocycles. The Morgan fingerprint density at radius 3 is 2.70 bits per heavy atom. The molecule has 7 heteroatoms. The third kappa shape index (κ3) is 3.03. The number of aryl methyl sites for hydroxylation is 1. The van der Waals surface area contributed by atoms with Gasteiger partial charge in [-0.2, -0.15) is 0 Å². The van der Waals surface area contributed by atoms with E-state index in [9.17, 15) is 8.42 Å². The Labute approximate surface area is 120 Å². The Morgan fingerprint density at radius 2 is 2.10 bits per heavy atom. The summed E-state index contributed by atoms with van der Waals surface area (Å²) in [4.78, 5) is 10.9. The van der Waals surface area contributed by atoms with Crippen molar-refractivity contribution in [1.29, 1.82) is 0 Å². The molecule has 6 nitrogen and oxygen atoms in total. The van der Waals surface area contributed by atoms with Crippen LogP contribution in [0, 0.1) is 6.92 Å². The number of nitrogen functional groups attached to an aromatic ring is 1. The zero-order valence-electron chi connectivity index (χ0n) is 12.3. The molecule has 0 aliphatic carbocycles. The van der Waals surface area contributed by atoms with Gasteiger partial charge in [0, 0.05) is 24.6 Å². The third-order valence-corrected chi connectivity index (χ3v) is 5.41. The van der Waals surface area contributed by atoms with Crippen molar-refractivity contribution >= 4 is 21.5 Å². The van der Waals surface area contributed by atoms with Crippen LogP contribution in [0.15, 0.2) is 0 Å². The zero-order valence-corrected chi connectivity index (χ0v) is 13.1. The lowest BCUT2D eigenvalue weighted by atomic mass is 10.2. The second-order valence-electron chi connectivity index (χ2n) is 5.38. The molecule has 1 aromatic rings. The van der Waals surface area contributed by atoms with Crippen LogP contribution in [0.1, 0.15) is 31.7 Å². The van der Waals surface area contributed by atoms with Gasteiger partial charge in [0.15, 0.2) is 9.84 Å². The number of anilines is 2. The quantitative estimate of drug-likeness (QED) is 0.893. The van der Waals surface area contributed by atoms with Crippen LogP contribution in [0.25, 0.3) is 0 Å². The van der Waals surface area contributed by atoms with Gasteiger partial charge in [-0.1, -0.05) is 6.92 Å². The summed E-state index contributed by atoms with van der Waals surface area (Å²) in [6, 6.07) is -0.0868. The van der Waals surface area contributed by atoms with Crippen molar-refractivity contribution in [1.82, 2.24) is 9.97 Å². The Bertz CT molecular complexity index is 601. The minimum absolute atomic E-state index is 0.0868. The first-order valence-electron chi connectivity index (χ1n) is 6.94.